The number of hydrogen-bond donors (Lipinski definition) is 0. The van der Waals surface area contributed by atoms with E-state index < -0.39 is 10.0 Å². The quantitative estimate of drug-likeness (QED) is 0.505. The molecule has 0 atom stereocenters. The van der Waals surface area contributed by atoms with Crippen molar-refractivity contribution in [2.45, 2.75) is 0 Å². The van der Waals surface area contributed by atoms with E-state index in [1.54, 1.807) is 0 Å². The van der Waals surface area contributed by atoms with E-state index in [0.717, 1.165) is 5.41 Å². The molecule has 0 aromatic carbocycles. The molecule has 0 fully saturated rings. The van der Waals surface area contributed by atoms with E-state index in [4.69, 9.17) is 0 Å². The Morgan fingerprint density at radius 1 is 1.50 bits per heavy atom. The first-order chi connectivity index (χ1) is 3.71. The molecule has 0 aliphatic carbocycles. The van der Waals surface area contributed by atoms with Gasteiger partial charge < -0.3 is 0 Å². The third kappa shape index (κ3) is 1.34. The fourth-order valence-electron chi connectivity index (χ4n) is 0.257. The van der Waals surface area contributed by atoms with E-state index in [0.29, 0.717) is 0 Å². The molecule has 44 valence electrons. The summed E-state index contributed by atoms with van der Waals surface area (Å²) in [5.41, 5.74) is 1.29. The lowest BCUT2D eigenvalue weighted by Gasteiger charge is -1.90. The van der Waals surface area contributed by atoms with Crippen molar-refractivity contribution < 1.29 is 8.42 Å². The molecule has 0 amide bonds. The summed E-state index contributed by atoms with van der Waals surface area (Å²) in [5, 5.41) is 2.54. The third-order valence-electron chi connectivity index (χ3n) is 0.557. The standard InChI is InChI=1S/C3H3NO2S2/c5-8(6)2-1-7-3-4-8/h1-3H. The van der Waals surface area contributed by atoms with Crippen LogP contribution in [0.3, 0.4) is 0 Å². The smallest absolute Gasteiger partial charge is 0.200 e. The van der Waals surface area contributed by atoms with Crippen molar-refractivity contribution in [1.29, 1.82) is 0 Å². The molecule has 0 saturated carbocycles. The molecular weight excluding hydrogens is 146 g/mol. The highest BCUT2D eigenvalue weighted by atomic mass is 32.2. The lowest BCUT2D eigenvalue weighted by Crippen LogP contribution is -1.90. The molecule has 0 bridgehead atoms. The highest BCUT2D eigenvalue weighted by Gasteiger charge is 2.01. The van der Waals surface area contributed by atoms with Gasteiger partial charge in [0.1, 0.15) is 0 Å². The van der Waals surface area contributed by atoms with E-state index in [1.807, 2.05) is 0 Å². The predicted octanol–water partition coefficient (Wildman–Crippen LogP) is 0.563. The number of nitrogens with zero attached hydrogens (tertiary/aromatic N) is 1. The Kier molecular flexibility index (Phi) is 1.39. The minimum Gasteiger partial charge on any atom is -0.200 e. The van der Waals surface area contributed by atoms with Crippen molar-refractivity contribution in [3.63, 3.8) is 0 Å². The molecule has 0 unspecified atom stereocenters. The van der Waals surface area contributed by atoms with Crippen LogP contribution in [0.15, 0.2) is 15.2 Å². The van der Waals surface area contributed by atoms with Gasteiger partial charge in [0.05, 0.1) is 11.0 Å². The van der Waals surface area contributed by atoms with Crippen LogP contribution in [0.25, 0.3) is 0 Å². The summed E-state index contributed by atoms with van der Waals surface area (Å²) < 4.78 is 23.9. The van der Waals surface area contributed by atoms with Crippen molar-refractivity contribution in [2.24, 2.45) is 4.40 Å². The van der Waals surface area contributed by atoms with Crippen molar-refractivity contribution in [3.8, 4) is 0 Å². The van der Waals surface area contributed by atoms with Crippen LogP contribution < -0.4 is 0 Å². The van der Waals surface area contributed by atoms with Crippen molar-refractivity contribution in [1.82, 2.24) is 0 Å². The average Bonchev–Trinajstić information content (AvgIpc) is 1.65. The van der Waals surface area contributed by atoms with Gasteiger partial charge in [-0.25, -0.2) is 0 Å². The third-order valence-corrected chi connectivity index (χ3v) is 2.26. The predicted molar refractivity (Wildman–Crippen MR) is 34.1 cm³/mol. The summed E-state index contributed by atoms with van der Waals surface area (Å²) in [4.78, 5) is 0. The monoisotopic (exact) mass is 149 g/mol. The van der Waals surface area contributed by atoms with Crippen LogP contribution in [-0.4, -0.2) is 14.0 Å². The van der Waals surface area contributed by atoms with E-state index >= 15 is 0 Å². The Labute approximate surface area is 51.6 Å². The Balaban J connectivity index is 3.03. The highest BCUT2D eigenvalue weighted by molar-refractivity contribution is 8.16. The molecule has 1 heterocycles. The summed E-state index contributed by atoms with van der Waals surface area (Å²) in [6.07, 6.45) is 0. The van der Waals surface area contributed by atoms with Crippen molar-refractivity contribution >= 4 is 27.3 Å². The van der Waals surface area contributed by atoms with Crippen LogP contribution in [0.5, 0.6) is 0 Å². The van der Waals surface area contributed by atoms with Gasteiger partial charge in [-0.1, -0.05) is 11.8 Å². The van der Waals surface area contributed by atoms with Gasteiger partial charge in [0.2, 0.25) is 0 Å². The topological polar surface area (TPSA) is 46.5 Å². The van der Waals surface area contributed by atoms with Gasteiger partial charge in [-0.2, -0.15) is 12.8 Å². The molecule has 0 spiro atoms. The largest absolute Gasteiger partial charge is 0.276 e. The molecular formula is C3H3NO2S2. The van der Waals surface area contributed by atoms with Crippen molar-refractivity contribution in [3.05, 3.63) is 10.8 Å². The Morgan fingerprint density at radius 2 is 2.25 bits per heavy atom. The Bertz CT molecular complexity index is 208. The second-order valence-electron chi connectivity index (χ2n) is 1.13. The van der Waals surface area contributed by atoms with Gasteiger partial charge in [-0.15, -0.1) is 0 Å². The average molecular weight is 149 g/mol. The number of sulfonamides is 1. The van der Waals surface area contributed by atoms with Crippen LogP contribution in [-0.2, 0) is 10.0 Å². The van der Waals surface area contributed by atoms with E-state index in [-0.39, 0.29) is 0 Å². The van der Waals surface area contributed by atoms with Gasteiger partial charge >= 0.3 is 0 Å². The lowest BCUT2D eigenvalue weighted by atomic mass is 11.3. The molecule has 0 N–H and O–H groups in total. The second kappa shape index (κ2) is 1.91. The van der Waals surface area contributed by atoms with Crippen LogP contribution in [0.2, 0.25) is 0 Å². The first-order valence-electron chi connectivity index (χ1n) is 1.81. The van der Waals surface area contributed by atoms with Crippen LogP contribution in [0.1, 0.15) is 0 Å². The zero-order chi connectivity index (χ0) is 6.04. The molecule has 0 saturated heterocycles. The molecule has 0 radical (unpaired) electrons. The lowest BCUT2D eigenvalue weighted by molar-refractivity contribution is 0.606. The molecule has 1 aliphatic heterocycles. The summed E-state index contributed by atoms with van der Waals surface area (Å²) >= 11 is 1.25. The maximum absolute atomic E-state index is 10.4. The molecule has 0 aromatic heterocycles. The highest BCUT2D eigenvalue weighted by Crippen LogP contribution is 2.08. The first-order valence-corrected chi connectivity index (χ1v) is 4.26. The van der Waals surface area contributed by atoms with Gasteiger partial charge in [0.15, 0.2) is 0 Å². The van der Waals surface area contributed by atoms with Gasteiger partial charge in [-0.3, -0.25) is 0 Å². The van der Waals surface area contributed by atoms with Crippen molar-refractivity contribution in [2.75, 3.05) is 0 Å². The molecule has 5 heteroatoms. The number of thioether (sulfide) groups is 1. The fraction of sp³-hybridized carbons (Fsp3) is 0. The van der Waals surface area contributed by atoms with Crippen LogP contribution in [0, 0.1) is 0 Å². The maximum Gasteiger partial charge on any atom is 0.276 e. The summed E-state index contributed by atoms with van der Waals surface area (Å²) in [6.45, 7) is 0. The second-order valence-corrected chi connectivity index (χ2v) is 3.40. The number of rotatable bonds is 0. The van der Waals surface area contributed by atoms with Crippen LogP contribution >= 0.6 is 11.8 Å². The molecule has 3 nitrogen and oxygen atoms in total. The minimum atomic E-state index is -3.21. The summed E-state index contributed by atoms with van der Waals surface area (Å²) in [6, 6.07) is 0. The zero-order valence-electron chi connectivity index (χ0n) is 3.81. The molecule has 1 rings (SSSR count). The number of hydrogen-bond acceptors (Lipinski definition) is 3. The van der Waals surface area contributed by atoms with E-state index in [9.17, 15) is 8.42 Å². The zero-order valence-corrected chi connectivity index (χ0v) is 5.45. The normalized spacial score (nSPS) is 23.5. The summed E-state index contributed by atoms with van der Waals surface area (Å²) in [7, 11) is -3.21. The minimum absolute atomic E-state index is 1.07. The van der Waals surface area contributed by atoms with Gasteiger partial charge in [0.25, 0.3) is 10.0 Å². The Morgan fingerprint density at radius 3 is 2.50 bits per heavy atom. The van der Waals surface area contributed by atoms with E-state index in [2.05, 4.69) is 4.40 Å². The SMILES string of the molecule is O=S1(=O)C=CSC=N1. The molecule has 8 heavy (non-hydrogen) atoms. The summed E-state index contributed by atoms with van der Waals surface area (Å²) in [5.74, 6) is 0. The molecule has 0 aromatic rings. The maximum atomic E-state index is 10.4. The fourth-order valence-corrected chi connectivity index (χ4v) is 1.89. The van der Waals surface area contributed by atoms with Gasteiger partial charge in [0, 0.05) is 0 Å². The van der Waals surface area contributed by atoms with Crippen LogP contribution in [0.4, 0.5) is 0 Å². The molecule has 1 aliphatic rings. The first kappa shape index (κ1) is 5.84. The van der Waals surface area contributed by atoms with Gasteiger partial charge in [-0.05, 0) is 5.41 Å². The van der Waals surface area contributed by atoms with E-state index in [1.165, 1.54) is 22.7 Å². The Hall–Kier alpha value is -0.290.